The Morgan fingerprint density at radius 1 is 1.03 bits per heavy atom. The number of likely N-dealkylation sites (tertiary alicyclic amines) is 2. The van der Waals surface area contributed by atoms with E-state index in [-0.39, 0.29) is 5.92 Å². The number of aromatic nitrogens is 1. The van der Waals surface area contributed by atoms with E-state index in [9.17, 15) is 31.1 Å². The molecule has 0 aliphatic carbocycles. The first-order chi connectivity index (χ1) is 16.6. The van der Waals surface area contributed by atoms with Crippen molar-refractivity contribution in [2.45, 2.75) is 32.4 Å². The summed E-state index contributed by atoms with van der Waals surface area (Å²) in [5, 5.41) is 19.5. The zero-order valence-electron chi connectivity index (χ0n) is 18.5. The summed E-state index contributed by atoms with van der Waals surface area (Å²) in [6, 6.07) is 4.27. The second-order valence-corrected chi connectivity index (χ2v) is 9.92. The Morgan fingerprint density at radius 2 is 1.61 bits per heavy atom. The molecule has 2 N–H and O–H groups in total. The highest BCUT2D eigenvalue weighted by Crippen LogP contribution is 2.34. The number of halogens is 6. The number of amides is 1. The maximum Gasteiger partial charge on any atom is 0.490 e. The average Bonchev–Trinajstić information content (AvgIpc) is 3.52. The zero-order valence-corrected chi connectivity index (χ0v) is 20.2. The third kappa shape index (κ3) is 8.74. The van der Waals surface area contributed by atoms with Crippen molar-refractivity contribution in [3.8, 4) is 0 Å². The molecular weight excluding hydrogens is 540 g/mol. The Kier molecular flexibility index (Phi) is 9.85. The highest BCUT2D eigenvalue weighted by molar-refractivity contribution is 7.10. The van der Waals surface area contributed by atoms with Gasteiger partial charge in [0.2, 0.25) is 5.91 Å². The second kappa shape index (κ2) is 12.0. The topological polar surface area (TPSA) is 111 Å². The SMILES string of the molecule is Cc1nc(CN2C[C@@H]3CN(Cc4cccs4)C[C@@H]3C2=O)cs1.O=C(O)C(F)(F)F.O=C(O)C(F)(F)F. The summed E-state index contributed by atoms with van der Waals surface area (Å²) in [7, 11) is 0. The number of aliphatic carboxylic acids is 2. The van der Waals surface area contributed by atoms with Crippen molar-refractivity contribution in [3.05, 3.63) is 38.5 Å². The fourth-order valence-corrected chi connectivity index (χ4v) is 4.95. The predicted molar refractivity (Wildman–Crippen MR) is 116 cm³/mol. The lowest BCUT2D eigenvalue weighted by molar-refractivity contribution is -0.193. The van der Waals surface area contributed by atoms with E-state index in [0.29, 0.717) is 18.4 Å². The molecule has 36 heavy (non-hydrogen) atoms. The van der Waals surface area contributed by atoms with Crippen molar-refractivity contribution in [1.82, 2.24) is 14.8 Å². The molecule has 16 heteroatoms. The van der Waals surface area contributed by atoms with Crippen LogP contribution in [0.4, 0.5) is 26.3 Å². The summed E-state index contributed by atoms with van der Waals surface area (Å²) in [5.74, 6) is -4.50. The molecule has 8 nitrogen and oxygen atoms in total. The molecule has 0 saturated carbocycles. The number of hydrogen-bond donors (Lipinski definition) is 2. The van der Waals surface area contributed by atoms with Crippen molar-refractivity contribution in [3.63, 3.8) is 0 Å². The molecule has 0 spiro atoms. The van der Waals surface area contributed by atoms with Crippen molar-refractivity contribution < 1.29 is 50.9 Å². The second-order valence-electron chi connectivity index (χ2n) is 7.82. The van der Waals surface area contributed by atoms with E-state index in [1.165, 1.54) is 4.88 Å². The molecule has 0 aromatic carbocycles. The number of aryl methyl sites for hydroxylation is 1. The van der Waals surface area contributed by atoms with E-state index < -0.39 is 24.3 Å². The number of nitrogens with zero attached hydrogens (tertiary/aromatic N) is 3. The number of thiophene rings is 1. The fraction of sp³-hybridized carbons (Fsp3) is 0.500. The van der Waals surface area contributed by atoms with Gasteiger partial charge in [0, 0.05) is 42.4 Å². The number of fused-ring (bicyclic) bond motifs is 1. The van der Waals surface area contributed by atoms with Crippen molar-refractivity contribution >= 4 is 40.5 Å². The summed E-state index contributed by atoms with van der Waals surface area (Å²) in [5.41, 5.74) is 1.03. The van der Waals surface area contributed by atoms with Gasteiger partial charge in [-0.15, -0.1) is 22.7 Å². The Hall–Kier alpha value is -2.72. The van der Waals surface area contributed by atoms with Crippen LogP contribution in [0.2, 0.25) is 0 Å². The number of alkyl halides is 6. The number of carboxylic acid groups (broad SMARTS) is 2. The molecule has 4 rings (SSSR count). The lowest BCUT2D eigenvalue weighted by Gasteiger charge is -2.20. The molecule has 4 heterocycles. The maximum atomic E-state index is 12.6. The molecule has 0 unspecified atom stereocenters. The zero-order chi connectivity index (χ0) is 27.3. The Morgan fingerprint density at radius 3 is 2.03 bits per heavy atom. The molecule has 2 fully saturated rings. The predicted octanol–water partition coefficient (Wildman–Crippen LogP) is 3.87. The van der Waals surface area contributed by atoms with Gasteiger partial charge < -0.3 is 15.1 Å². The minimum absolute atomic E-state index is 0.194. The molecule has 0 radical (unpaired) electrons. The summed E-state index contributed by atoms with van der Waals surface area (Å²) in [6.45, 7) is 6.53. The fourth-order valence-electron chi connectivity index (χ4n) is 3.60. The van der Waals surface area contributed by atoms with E-state index in [1.807, 2.05) is 11.8 Å². The largest absolute Gasteiger partial charge is 0.490 e. The Bertz CT molecular complexity index is 1020. The maximum absolute atomic E-state index is 12.6. The molecule has 0 bridgehead atoms. The number of rotatable bonds is 4. The third-order valence-corrected chi connectivity index (χ3v) is 6.75. The van der Waals surface area contributed by atoms with Crippen LogP contribution in [0.1, 0.15) is 15.6 Å². The minimum atomic E-state index is -5.08. The molecule has 2 aliphatic heterocycles. The summed E-state index contributed by atoms with van der Waals surface area (Å²) < 4.78 is 63.5. The van der Waals surface area contributed by atoms with E-state index in [0.717, 1.165) is 36.9 Å². The normalized spacial score (nSPS) is 19.8. The van der Waals surface area contributed by atoms with Gasteiger partial charge in [0.05, 0.1) is 23.2 Å². The Labute approximate surface area is 208 Å². The average molecular weight is 562 g/mol. The van der Waals surface area contributed by atoms with Gasteiger partial charge >= 0.3 is 24.3 Å². The smallest absolute Gasteiger partial charge is 0.475 e. The number of carbonyl (C=O) groups is 3. The summed E-state index contributed by atoms with van der Waals surface area (Å²) >= 11 is 3.46. The van der Waals surface area contributed by atoms with Crippen molar-refractivity contribution in [2.24, 2.45) is 11.8 Å². The lowest BCUT2D eigenvalue weighted by atomic mass is 10.0. The molecule has 1 amide bonds. The van der Waals surface area contributed by atoms with Gasteiger partial charge in [-0.2, -0.15) is 26.3 Å². The standard InChI is InChI=1S/C16H19N3OS2.2C2HF3O2/c1-11-17-13(10-22-11)7-19-6-12-5-18(9-15(12)16(19)20)8-14-3-2-4-21-14;2*3-2(4,5)1(6)7/h2-4,10,12,15H,5-9H2,1H3;2*(H,6,7)/t12-,15-;;/m0../s1. The van der Waals surface area contributed by atoms with Crippen LogP contribution in [0.15, 0.2) is 22.9 Å². The van der Waals surface area contributed by atoms with E-state index in [2.05, 4.69) is 32.8 Å². The molecular formula is C20H21F6N3O5S2. The molecule has 2 aromatic rings. The van der Waals surface area contributed by atoms with E-state index in [1.54, 1.807) is 22.7 Å². The van der Waals surface area contributed by atoms with Gasteiger partial charge in [0.1, 0.15) is 0 Å². The number of carboxylic acids is 2. The van der Waals surface area contributed by atoms with Crippen LogP contribution in [0.25, 0.3) is 0 Å². The van der Waals surface area contributed by atoms with E-state index >= 15 is 0 Å². The molecule has 2 atom stereocenters. The van der Waals surface area contributed by atoms with Crippen LogP contribution in [0.5, 0.6) is 0 Å². The van der Waals surface area contributed by atoms with Crippen LogP contribution in [-0.2, 0) is 27.5 Å². The lowest BCUT2D eigenvalue weighted by Crippen LogP contribution is -2.32. The molecule has 200 valence electrons. The highest BCUT2D eigenvalue weighted by Gasteiger charge is 2.46. The first-order valence-corrected chi connectivity index (χ1v) is 11.9. The van der Waals surface area contributed by atoms with Gasteiger partial charge in [-0.25, -0.2) is 14.6 Å². The van der Waals surface area contributed by atoms with Crippen molar-refractivity contribution in [2.75, 3.05) is 19.6 Å². The van der Waals surface area contributed by atoms with Crippen LogP contribution < -0.4 is 0 Å². The van der Waals surface area contributed by atoms with Crippen LogP contribution in [-0.4, -0.2) is 74.8 Å². The first-order valence-electron chi connectivity index (χ1n) is 10.1. The number of thiazole rings is 1. The van der Waals surface area contributed by atoms with Crippen LogP contribution >= 0.6 is 22.7 Å². The van der Waals surface area contributed by atoms with Crippen LogP contribution in [0.3, 0.4) is 0 Å². The minimum Gasteiger partial charge on any atom is -0.475 e. The molecule has 2 aliphatic rings. The van der Waals surface area contributed by atoms with Gasteiger partial charge in [0.25, 0.3) is 0 Å². The van der Waals surface area contributed by atoms with Gasteiger partial charge in [-0.05, 0) is 18.4 Å². The first kappa shape index (κ1) is 29.5. The monoisotopic (exact) mass is 561 g/mol. The molecule has 2 saturated heterocycles. The molecule has 2 aromatic heterocycles. The van der Waals surface area contributed by atoms with Crippen LogP contribution in [0, 0.1) is 18.8 Å². The summed E-state index contributed by atoms with van der Waals surface area (Å²) in [6.07, 6.45) is -10.2. The summed E-state index contributed by atoms with van der Waals surface area (Å²) in [4.78, 5) is 40.7. The number of carbonyl (C=O) groups excluding carboxylic acids is 1. The third-order valence-electron chi connectivity index (χ3n) is 5.06. The number of hydrogen-bond acceptors (Lipinski definition) is 7. The Balaban J connectivity index is 0.000000271. The van der Waals surface area contributed by atoms with E-state index in [4.69, 9.17) is 19.8 Å². The quantitative estimate of drug-likeness (QED) is 0.546. The highest BCUT2D eigenvalue weighted by atomic mass is 32.1. The van der Waals surface area contributed by atoms with Gasteiger partial charge in [-0.1, -0.05) is 6.07 Å². The van der Waals surface area contributed by atoms with Gasteiger partial charge in [0.15, 0.2) is 0 Å². The van der Waals surface area contributed by atoms with Crippen molar-refractivity contribution in [1.29, 1.82) is 0 Å². The van der Waals surface area contributed by atoms with Gasteiger partial charge in [-0.3, -0.25) is 9.69 Å².